The van der Waals surface area contributed by atoms with Crippen molar-refractivity contribution in [2.75, 3.05) is 19.6 Å². The third kappa shape index (κ3) is 3.67. The van der Waals surface area contributed by atoms with Crippen LogP contribution in [0, 0.1) is 0 Å². The maximum Gasteiger partial charge on any atom is 0.303 e. The van der Waals surface area contributed by atoms with Crippen LogP contribution in [0.15, 0.2) is 0 Å². The highest BCUT2D eigenvalue weighted by atomic mass is 19.3. The largest absolute Gasteiger partial charge is 0.481 e. The van der Waals surface area contributed by atoms with E-state index < -0.39 is 11.9 Å². The summed E-state index contributed by atoms with van der Waals surface area (Å²) in [4.78, 5) is 11.7. The van der Waals surface area contributed by atoms with E-state index in [0.29, 0.717) is 19.5 Å². The standard InChI is InChI=1S/C8H13F2NO2/c9-8(10)3-5-11(6-8)4-1-2-7(12)13/h1-6H2,(H,12,13). The second kappa shape index (κ2) is 4.00. The van der Waals surface area contributed by atoms with Crippen molar-refractivity contribution in [3.63, 3.8) is 0 Å². The van der Waals surface area contributed by atoms with Gasteiger partial charge < -0.3 is 5.11 Å². The van der Waals surface area contributed by atoms with Gasteiger partial charge in [-0.2, -0.15) is 0 Å². The molecule has 0 amide bonds. The van der Waals surface area contributed by atoms with E-state index in [-0.39, 0.29) is 19.4 Å². The topological polar surface area (TPSA) is 40.5 Å². The SMILES string of the molecule is O=C(O)CCCN1CCC(F)(F)C1. The van der Waals surface area contributed by atoms with Crippen LogP contribution in [0.1, 0.15) is 19.3 Å². The van der Waals surface area contributed by atoms with E-state index in [4.69, 9.17) is 5.11 Å². The van der Waals surface area contributed by atoms with Gasteiger partial charge >= 0.3 is 5.97 Å². The van der Waals surface area contributed by atoms with Crippen molar-refractivity contribution in [2.24, 2.45) is 0 Å². The predicted octanol–water partition coefficient (Wildman–Crippen LogP) is 1.19. The van der Waals surface area contributed by atoms with E-state index in [1.165, 1.54) is 0 Å². The fraction of sp³-hybridized carbons (Fsp3) is 0.875. The van der Waals surface area contributed by atoms with Gasteiger partial charge in [-0.05, 0) is 13.0 Å². The number of carbonyl (C=O) groups is 1. The molecule has 1 fully saturated rings. The molecule has 1 rings (SSSR count). The molecule has 1 N–H and O–H groups in total. The Bertz CT molecular complexity index is 197. The monoisotopic (exact) mass is 193 g/mol. The number of hydrogen-bond acceptors (Lipinski definition) is 2. The molecule has 0 aromatic rings. The van der Waals surface area contributed by atoms with Crippen molar-refractivity contribution in [1.29, 1.82) is 0 Å². The summed E-state index contributed by atoms with van der Waals surface area (Å²) in [7, 11) is 0. The van der Waals surface area contributed by atoms with Gasteiger partial charge in [-0.25, -0.2) is 8.78 Å². The number of rotatable bonds is 4. The van der Waals surface area contributed by atoms with Crippen molar-refractivity contribution in [1.82, 2.24) is 4.90 Å². The van der Waals surface area contributed by atoms with E-state index in [0.717, 1.165) is 0 Å². The van der Waals surface area contributed by atoms with Gasteiger partial charge in [0.1, 0.15) is 0 Å². The molecule has 0 bridgehead atoms. The van der Waals surface area contributed by atoms with Crippen LogP contribution in [0.2, 0.25) is 0 Å². The average Bonchev–Trinajstić information content (AvgIpc) is 2.29. The molecule has 0 aromatic carbocycles. The lowest BCUT2D eigenvalue weighted by Crippen LogP contribution is -2.26. The number of aliphatic carboxylic acids is 1. The Morgan fingerprint density at radius 1 is 1.54 bits per heavy atom. The normalized spacial score (nSPS) is 22.0. The van der Waals surface area contributed by atoms with Gasteiger partial charge in [-0.15, -0.1) is 0 Å². The van der Waals surface area contributed by atoms with Gasteiger partial charge in [0.15, 0.2) is 0 Å². The first kappa shape index (κ1) is 10.4. The summed E-state index contributed by atoms with van der Waals surface area (Å²) in [5.74, 6) is -3.44. The van der Waals surface area contributed by atoms with Crippen molar-refractivity contribution in [2.45, 2.75) is 25.2 Å². The molecule has 0 unspecified atom stereocenters. The summed E-state index contributed by atoms with van der Waals surface area (Å²) in [5, 5.41) is 8.32. The smallest absolute Gasteiger partial charge is 0.303 e. The molecular weight excluding hydrogens is 180 g/mol. The molecule has 0 atom stereocenters. The molecule has 0 aromatic heterocycles. The summed E-state index contributed by atoms with van der Waals surface area (Å²) >= 11 is 0. The Morgan fingerprint density at radius 3 is 2.69 bits per heavy atom. The lowest BCUT2D eigenvalue weighted by Gasteiger charge is -2.14. The van der Waals surface area contributed by atoms with Gasteiger partial charge in [0.2, 0.25) is 0 Å². The maximum atomic E-state index is 12.6. The highest BCUT2D eigenvalue weighted by molar-refractivity contribution is 5.66. The van der Waals surface area contributed by atoms with Crippen LogP contribution in [0.4, 0.5) is 8.78 Å². The Labute approximate surface area is 75.3 Å². The second-order valence-corrected chi connectivity index (χ2v) is 3.38. The first-order valence-electron chi connectivity index (χ1n) is 4.32. The fourth-order valence-corrected chi connectivity index (χ4v) is 1.45. The number of halogens is 2. The van der Waals surface area contributed by atoms with Gasteiger partial charge in [-0.3, -0.25) is 9.69 Å². The van der Waals surface area contributed by atoms with E-state index >= 15 is 0 Å². The number of carboxylic acids is 1. The fourth-order valence-electron chi connectivity index (χ4n) is 1.45. The zero-order chi connectivity index (χ0) is 9.90. The molecule has 0 radical (unpaired) electrons. The zero-order valence-electron chi connectivity index (χ0n) is 7.30. The van der Waals surface area contributed by atoms with Crippen LogP contribution < -0.4 is 0 Å². The molecule has 0 spiro atoms. The first-order valence-corrected chi connectivity index (χ1v) is 4.32. The first-order chi connectivity index (χ1) is 5.99. The zero-order valence-corrected chi connectivity index (χ0v) is 7.30. The average molecular weight is 193 g/mol. The third-order valence-electron chi connectivity index (χ3n) is 2.11. The van der Waals surface area contributed by atoms with Crippen molar-refractivity contribution < 1.29 is 18.7 Å². The number of nitrogens with zero attached hydrogens (tertiary/aromatic N) is 1. The molecule has 76 valence electrons. The summed E-state index contributed by atoms with van der Waals surface area (Å²) < 4.78 is 25.2. The molecule has 1 heterocycles. The molecular formula is C8H13F2NO2. The lowest BCUT2D eigenvalue weighted by atomic mass is 10.3. The van der Waals surface area contributed by atoms with E-state index in [1.807, 2.05) is 0 Å². The van der Waals surface area contributed by atoms with Crippen LogP contribution in [0.25, 0.3) is 0 Å². The van der Waals surface area contributed by atoms with Crippen LogP contribution in [0.5, 0.6) is 0 Å². The number of hydrogen-bond donors (Lipinski definition) is 1. The Hall–Kier alpha value is -0.710. The second-order valence-electron chi connectivity index (χ2n) is 3.38. The van der Waals surface area contributed by atoms with E-state index in [2.05, 4.69) is 0 Å². The minimum Gasteiger partial charge on any atom is -0.481 e. The summed E-state index contributed by atoms with van der Waals surface area (Å²) in [6.07, 6.45) is 0.410. The van der Waals surface area contributed by atoms with Crippen molar-refractivity contribution >= 4 is 5.97 Å². The molecule has 1 aliphatic heterocycles. The molecule has 13 heavy (non-hydrogen) atoms. The minimum atomic E-state index is -2.57. The van der Waals surface area contributed by atoms with E-state index in [1.54, 1.807) is 4.90 Å². The molecule has 1 saturated heterocycles. The lowest BCUT2D eigenvalue weighted by molar-refractivity contribution is -0.137. The number of alkyl halides is 2. The maximum absolute atomic E-state index is 12.6. The van der Waals surface area contributed by atoms with Crippen LogP contribution >= 0.6 is 0 Å². The highest BCUT2D eigenvalue weighted by Gasteiger charge is 2.37. The van der Waals surface area contributed by atoms with Crippen molar-refractivity contribution in [3.8, 4) is 0 Å². The molecule has 1 aliphatic rings. The number of carboxylic acid groups (broad SMARTS) is 1. The Kier molecular flexibility index (Phi) is 3.19. The summed E-state index contributed by atoms with van der Waals surface area (Å²) in [5.41, 5.74) is 0. The van der Waals surface area contributed by atoms with Gasteiger partial charge in [0.05, 0.1) is 6.54 Å². The van der Waals surface area contributed by atoms with Crippen LogP contribution in [-0.2, 0) is 4.79 Å². The summed E-state index contributed by atoms with van der Waals surface area (Å²) in [6.45, 7) is 0.626. The highest BCUT2D eigenvalue weighted by Crippen LogP contribution is 2.26. The minimum absolute atomic E-state index is 0.0576. The van der Waals surface area contributed by atoms with Crippen molar-refractivity contribution in [3.05, 3.63) is 0 Å². The van der Waals surface area contributed by atoms with Gasteiger partial charge in [0, 0.05) is 19.4 Å². The molecule has 3 nitrogen and oxygen atoms in total. The third-order valence-corrected chi connectivity index (χ3v) is 2.11. The van der Waals surface area contributed by atoms with Crippen LogP contribution in [-0.4, -0.2) is 41.5 Å². The van der Waals surface area contributed by atoms with Gasteiger partial charge in [0.25, 0.3) is 5.92 Å². The molecule has 5 heteroatoms. The quantitative estimate of drug-likeness (QED) is 0.729. The number of likely N-dealkylation sites (tertiary alicyclic amines) is 1. The Morgan fingerprint density at radius 2 is 2.23 bits per heavy atom. The summed E-state index contributed by atoms with van der Waals surface area (Å²) in [6, 6.07) is 0. The van der Waals surface area contributed by atoms with E-state index in [9.17, 15) is 13.6 Å². The predicted molar refractivity (Wildman–Crippen MR) is 42.9 cm³/mol. The molecule has 0 saturated carbocycles. The van der Waals surface area contributed by atoms with Crippen LogP contribution in [0.3, 0.4) is 0 Å². The van der Waals surface area contributed by atoms with Gasteiger partial charge in [-0.1, -0.05) is 0 Å². The Balaban J connectivity index is 2.14. The molecule has 0 aliphatic carbocycles.